The van der Waals surface area contributed by atoms with Crippen molar-refractivity contribution in [1.82, 2.24) is 14.9 Å². The Kier molecular flexibility index (Phi) is 5.29. The van der Waals surface area contributed by atoms with Crippen molar-refractivity contribution >= 4 is 28.0 Å². The predicted octanol–water partition coefficient (Wildman–Crippen LogP) is 3.43. The number of H-pyrrole nitrogens is 1. The van der Waals surface area contributed by atoms with Gasteiger partial charge in [0, 0.05) is 18.1 Å². The van der Waals surface area contributed by atoms with Crippen LogP contribution in [0.15, 0.2) is 65.7 Å². The van der Waals surface area contributed by atoms with E-state index >= 15 is 0 Å². The summed E-state index contributed by atoms with van der Waals surface area (Å²) in [4.78, 5) is 15.9. The molecule has 0 aliphatic rings. The second-order valence-corrected chi connectivity index (χ2v) is 8.59. The number of aromatic nitrogens is 2. The first-order valence-corrected chi connectivity index (χ1v) is 10.5. The number of sulfone groups is 1. The van der Waals surface area contributed by atoms with E-state index in [9.17, 15) is 13.2 Å². The van der Waals surface area contributed by atoms with E-state index in [2.05, 4.69) is 10.3 Å². The highest BCUT2D eigenvalue weighted by atomic mass is 32.2. The van der Waals surface area contributed by atoms with Gasteiger partial charge in [0.2, 0.25) is 0 Å². The first kappa shape index (κ1) is 19.1. The lowest BCUT2D eigenvalue weighted by Gasteiger charge is -2.15. The van der Waals surface area contributed by atoms with Crippen LogP contribution in [0.2, 0.25) is 0 Å². The zero-order valence-electron chi connectivity index (χ0n) is 14.8. The van der Waals surface area contributed by atoms with Crippen LogP contribution >= 0.6 is 12.2 Å². The zero-order chi connectivity index (χ0) is 19.6. The molecular weight excluding hydrogens is 382 g/mol. The first-order chi connectivity index (χ1) is 12.8. The van der Waals surface area contributed by atoms with Crippen molar-refractivity contribution in [1.29, 1.82) is 0 Å². The van der Waals surface area contributed by atoms with Crippen LogP contribution < -0.4 is 5.32 Å². The lowest BCUT2D eigenvalue weighted by Crippen LogP contribution is -2.28. The number of rotatable bonds is 5. The van der Waals surface area contributed by atoms with Gasteiger partial charge < -0.3 is 10.3 Å². The molecule has 1 unspecified atom stereocenters. The van der Waals surface area contributed by atoms with Crippen LogP contribution in [-0.2, 0) is 9.84 Å². The minimum absolute atomic E-state index is 0.244. The number of carbonyl (C=O) groups is 1. The Hall–Kier alpha value is -2.71. The van der Waals surface area contributed by atoms with Crippen LogP contribution in [0.4, 0.5) is 0 Å². The fourth-order valence-electron chi connectivity index (χ4n) is 2.73. The molecule has 0 saturated carbocycles. The molecule has 1 heterocycles. The van der Waals surface area contributed by atoms with Crippen LogP contribution in [-0.4, -0.2) is 30.1 Å². The number of nitrogens with zero attached hydrogens (tertiary/aromatic N) is 1. The third-order valence-electron chi connectivity index (χ3n) is 4.18. The summed E-state index contributed by atoms with van der Waals surface area (Å²) in [6.07, 6.45) is 2.73. The third-order valence-corrected chi connectivity index (χ3v) is 5.61. The fraction of sp³-hybridized carbons (Fsp3) is 0.158. The molecule has 0 radical (unpaired) electrons. The highest BCUT2D eigenvalue weighted by molar-refractivity contribution is 7.90. The normalized spacial score (nSPS) is 12.5. The van der Waals surface area contributed by atoms with Crippen molar-refractivity contribution in [2.24, 2.45) is 0 Å². The standard InChI is InChI=1S/C19H19N3O3S2/c1-13(14-8-10-16(11-9-14)27(2,24)25)21-18(23)17-12-20-19(26)22(17)15-6-4-3-5-7-15/h3-13H,1-2H3,(H,20,26)(H,21,23). The molecule has 8 heteroatoms. The van der Waals surface area contributed by atoms with Crippen LogP contribution in [0.1, 0.15) is 29.0 Å². The van der Waals surface area contributed by atoms with E-state index in [1.807, 2.05) is 37.3 Å². The maximum atomic E-state index is 12.8. The SMILES string of the molecule is CC(NC(=O)c1c[nH]c(=S)n1-c1ccccc1)c1ccc(S(C)(=O)=O)cc1. The summed E-state index contributed by atoms with van der Waals surface area (Å²) in [5.74, 6) is -0.286. The van der Waals surface area contributed by atoms with Gasteiger partial charge in [0.25, 0.3) is 5.91 Å². The van der Waals surface area contributed by atoms with Gasteiger partial charge in [0.15, 0.2) is 14.6 Å². The Bertz CT molecular complexity index is 1120. The molecule has 2 N–H and O–H groups in total. The fourth-order valence-corrected chi connectivity index (χ4v) is 3.62. The van der Waals surface area contributed by atoms with Gasteiger partial charge in [-0.15, -0.1) is 0 Å². The molecule has 0 saturated heterocycles. The van der Waals surface area contributed by atoms with E-state index in [0.717, 1.165) is 17.5 Å². The van der Waals surface area contributed by atoms with Crippen LogP contribution in [0.25, 0.3) is 5.69 Å². The molecule has 3 rings (SSSR count). The summed E-state index contributed by atoms with van der Waals surface area (Å²) in [7, 11) is -3.25. The van der Waals surface area contributed by atoms with E-state index in [4.69, 9.17) is 12.2 Å². The molecule has 6 nitrogen and oxygen atoms in total. The first-order valence-electron chi connectivity index (χ1n) is 8.24. The highest BCUT2D eigenvalue weighted by Crippen LogP contribution is 2.18. The average Bonchev–Trinajstić information content (AvgIpc) is 3.03. The number of aromatic amines is 1. The van der Waals surface area contributed by atoms with Crippen molar-refractivity contribution < 1.29 is 13.2 Å². The molecule has 0 bridgehead atoms. The summed E-state index contributed by atoms with van der Waals surface area (Å²) >= 11 is 5.30. The summed E-state index contributed by atoms with van der Waals surface area (Å²) in [5, 5.41) is 2.92. The summed E-state index contributed by atoms with van der Waals surface area (Å²) in [6, 6.07) is 15.5. The van der Waals surface area contributed by atoms with Crippen LogP contribution in [0, 0.1) is 4.77 Å². The number of para-hydroxylation sites is 1. The molecule has 3 aromatic rings. The summed E-state index contributed by atoms with van der Waals surface area (Å²) < 4.78 is 25.2. The second kappa shape index (κ2) is 7.50. The maximum absolute atomic E-state index is 12.8. The third kappa shape index (κ3) is 4.17. The molecule has 140 valence electrons. The van der Waals surface area contributed by atoms with E-state index in [0.29, 0.717) is 10.5 Å². The molecule has 0 fully saturated rings. The molecule has 0 aliphatic carbocycles. The van der Waals surface area contributed by atoms with Gasteiger partial charge in [-0.2, -0.15) is 0 Å². The van der Waals surface area contributed by atoms with Crippen molar-refractivity contribution in [2.45, 2.75) is 17.9 Å². The van der Waals surface area contributed by atoms with Gasteiger partial charge in [-0.05, 0) is 49.0 Å². The molecule has 27 heavy (non-hydrogen) atoms. The molecular formula is C19H19N3O3S2. The quantitative estimate of drug-likeness (QED) is 0.642. The lowest BCUT2D eigenvalue weighted by atomic mass is 10.1. The van der Waals surface area contributed by atoms with E-state index in [1.165, 1.54) is 12.1 Å². The number of hydrogen-bond donors (Lipinski definition) is 2. The number of carbonyl (C=O) groups excluding carboxylic acids is 1. The average molecular weight is 402 g/mol. The van der Waals surface area contributed by atoms with Crippen molar-refractivity contribution in [3.63, 3.8) is 0 Å². The van der Waals surface area contributed by atoms with Crippen molar-refractivity contribution in [3.05, 3.63) is 76.8 Å². The van der Waals surface area contributed by atoms with Gasteiger partial charge in [0.05, 0.1) is 10.9 Å². The zero-order valence-corrected chi connectivity index (χ0v) is 16.5. The van der Waals surface area contributed by atoms with E-state index in [-0.39, 0.29) is 16.8 Å². The van der Waals surface area contributed by atoms with Crippen LogP contribution in [0.5, 0.6) is 0 Å². The number of imidazole rings is 1. The smallest absolute Gasteiger partial charge is 0.270 e. The second-order valence-electron chi connectivity index (χ2n) is 6.19. The molecule has 1 amide bonds. The minimum Gasteiger partial charge on any atom is -0.344 e. The lowest BCUT2D eigenvalue weighted by molar-refractivity contribution is 0.0933. The van der Waals surface area contributed by atoms with E-state index in [1.54, 1.807) is 22.9 Å². The Labute approximate surface area is 162 Å². The molecule has 1 atom stereocenters. The van der Waals surface area contributed by atoms with Gasteiger partial charge in [0.1, 0.15) is 5.69 Å². The molecule has 1 aromatic heterocycles. The van der Waals surface area contributed by atoms with Gasteiger partial charge in [-0.25, -0.2) is 8.42 Å². The molecule has 0 aliphatic heterocycles. The number of benzene rings is 2. The number of nitrogens with one attached hydrogen (secondary N) is 2. The number of amides is 1. The van der Waals surface area contributed by atoms with Gasteiger partial charge in [-0.1, -0.05) is 30.3 Å². The summed E-state index contributed by atoms with van der Waals surface area (Å²) in [5.41, 5.74) is 1.99. The van der Waals surface area contributed by atoms with Crippen molar-refractivity contribution in [2.75, 3.05) is 6.26 Å². The number of hydrogen-bond acceptors (Lipinski definition) is 4. The van der Waals surface area contributed by atoms with Gasteiger partial charge in [-0.3, -0.25) is 9.36 Å². The maximum Gasteiger partial charge on any atom is 0.270 e. The highest BCUT2D eigenvalue weighted by Gasteiger charge is 2.17. The van der Waals surface area contributed by atoms with Crippen molar-refractivity contribution in [3.8, 4) is 5.69 Å². The Morgan fingerprint density at radius 2 is 1.74 bits per heavy atom. The predicted molar refractivity (Wildman–Crippen MR) is 106 cm³/mol. The monoisotopic (exact) mass is 401 g/mol. The van der Waals surface area contributed by atoms with Crippen LogP contribution in [0.3, 0.4) is 0 Å². The Morgan fingerprint density at radius 3 is 2.33 bits per heavy atom. The topological polar surface area (TPSA) is 84.0 Å². The van der Waals surface area contributed by atoms with Gasteiger partial charge >= 0.3 is 0 Å². The Balaban J connectivity index is 1.83. The Morgan fingerprint density at radius 1 is 1.11 bits per heavy atom. The minimum atomic E-state index is -3.25. The van der Waals surface area contributed by atoms with E-state index < -0.39 is 9.84 Å². The largest absolute Gasteiger partial charge is 0.344 e. The molecule has 0 spiro atoms. The summed E-state index contributed by atoms with van der Waals surface area (Å²) in [6.45, 7) is 1.83. The molecule has 2 aromatic carbocycles.